The van der Waals surface area contributed by atoms with Gasteiger partial charge in [0.05, 0.1) is 17.7 Å². The fraction of sp³-hybridized carbons (Fsp3) is 0.619. The van der Waals surface area contributed by atoms with Gasteiger partial charge in [-0.2, -0.15) is 0 Å². The summed E-state index contributed by atoms with van der Waals surface area (Å²) in [5.41, 5.74) is 0.745. The number of ether oxygens (including phenoxy) is 1. The van der Waals surface area contributed by atoms with Gasteiger partial charge in [0.15, 0.2) is 0 Å². The number of piperidine rings is 1. The second-order valence-corrected chi connectivity index (χ2v) is 7.91. The normalized spacial score (nSPS) is 23.7. The number of hydrogen-bond acceptors (Lipinski definition) is 3. The molecule has 140 valence electrons. The fourth-order valence-electron chi connectivity index (χ4n) is 4.07. The van der Waals surface area contributed by atoms with Crippen LogP contribution < -0.4 is 10.1 Å². The lowest BCUT2D eigenvalue weighted by atomic mass is 9.96. The first kappa shape index (κ1) is 17.4. The molecule has 0 unspecified atom stereocenters. The molecule has 0 spiro atoms. The molecule has 1 saturated heterocycles. The van der Waals surface area contributed by atoms with Crippen LogP contribution in [0.5, 0.6) is 5.75 Å². The van der Waals surface area contributed by atoms with Crippen molar-refractivity contribution in [3.8, 4) is 5.75 Å². The SMILES string of the molecule is O=C(Nc1ccccc1OC1CCCC1)[C@@H]1CCCN(C(=O)C2CC2)C1. The highest BCUT2D eigenvalue weighted by atomic mass is 16.5. The molecule has 1 heterocycles. The highest BCUT2D eigenvalue weighted by Gasteiger charge is 2.36. The molecule has 1 atom stereocenters. The number of likely N-dealkylation sites (tertiary alicyclic amines) is 1. The van der Waals surface area contributed by atoms with E-state index in [0.29, 0.717) is 6.54 Å². The molecule has 0 radical (unpaired) electrons. The Bertz CT molecular complexity index is 665. The van der Waals surface area contributed by atoms with Crippen molar-refractivity contribution in [1.29, 1.82) is 0 Å². The van der Waals surface area contributed by atoms with Crippen LogP contribution in [0, 0.1) is 11.8 Å². The Hall–Kier alpha value is -2.04. The van der Waals surface area contributed by atoms with E-state index in [2.05, 4.69) is 5.32 Å². The molecule has 0 bridgehead atoms. The van der Waals surface area contributed by atoms with Gasteiger partial charge in [-0.3, -0.25) is 9.59 Å². The number of anilines is 1. The number of carbonyl (C=O) groups is 2. The summed E-state index contributed by atoms with van der Waals surface area (Å²) in [7, 11) is 0. The van der Waals surface area contributed by atoms with Crippen LogP contribution in [-0.4, -0.2) is 35.9 Å². The van der Waals surface area contributed by atoms with Gasteiger partial charge in [0.25, 0.3) is 0 Å². The van der Waals surface area contributed by atoms with Gasteiger partial charge in [-0.1, -0.05) is 12.1 Å². The molecule has 5 nitrogen and oxygen atoms in total. The quantitative estimate of drug-likeness (QED) is 0.877. The summed E-state index contributed by atoms with van der Waals surface area (Å²) in [6.07, 6.45) is 8.62. The van der Waals surface area contributed by atoms with Crippen molar-refractivity contribution < 1.29 is 14.3 Å². The molecular weight excluding hydrogens is 328 g/mol. The standard InChI is InChI=1S/C21H28N2O3/c24-20(16-6-5-13-23(14-16)21(25)15-11-12-15)22-18-9-3-4-10-19(18)26-17-7-1-2-8-17/h3-4,9-10,15-17H,1-2,5-8,11-14H2,(H,22,24)/t16-/m1/s1. The molecule has 0 aromatic heterocycles. The Labute approximate surface area is 155 Å². The first-order chi connectivity index (χ1) is 12.7. The molecule has 1 aromatic carbocycles. The van der Waals surface area contributed by atoms with Crippen molar-refractivity contribution in [3.63, 3.8) is 0 Å². The van der Waals surface area contributed by atoms with Crippen LogP contribution in [0.2, 0.25) is 0 Å². The van der Waals surface area contributed by atoms with Crippen LogP contribution in [-0.2, 0) is 9.59 Å². The van der Waals surface area contributed by atoms with E-state index in [1.165, 1.54) is 12.8 Å². The number of rotatable bonds is 5. The van der Waals surface area contributed by atoms with E-state index in [0.717, 1.165) is 56.5 Å². The average Bonchev–Trinajstić information content (AvgIpc) is 3.40. The highest BCUT2D eigenvalue weighted by molar-refractivity contribution is 5.94. The van der Waals surface area contributed by atoms with Crippen molar-refractivity contribution in [3.05, 3.63) is 24.3 Å². The fourth-order valence-corrected chi connectivity index (χ4v) is 4.07. The first-order valence-corrected chi connectivity index (χ1v) is 10.1. The zero-order chi connectivity index (χ0) is 17.9. The second kappa shape index (κ2) is 7.68. The topological polar surface area (TPSA) is 58.6 Å². The molecule has 5 heteroatoms. The average molecular weight is 356 g/mol. The van der Waals surface area contributed by atoms with Gasteiger partial charge in [0.1, 0.15) is 5.75 Å². The van der Waals surface area contributed by atoms with Crippen molar-refractivity contribution in [2.45, 2.75) is 57.5 Å². The molecule has 1 aromatic rings. The summed E-state index contributed by atoms with van der Waals surface area (Å²) in [5, 5.41) is 3.06. The third kappa shape index (κ3) is 4.02. The van der Waals surface area contributed by atoms with E-state index in [-0.39, 0.29) is 29.8 Å². The summed E-state index contributed by atoms with van der Waals surface area (Å²) >= 11 is 0. The maximum absolute atomic E-state index is 12.8. The maximum atomic E-state index is 12.8. The van der Waals surface area contributed by atoms with E-state index >= 15 is 0 Å². The van der Waals surface area contributed by atoms with Crippen LogP contribution in [0.1, 0.15) is 51.4 Å². The van der Waals surface area contributed by atoms with Crippen molar-refractivity contribution in [2.24, 2.45) is 11.8 Å². The molecular formula is C21H28N2O3. The Morgan fingerprint density at radius 3 is 2.50 bits per heavy atom. The summed E-state index contributed by atoms with van der Waals surface area (Å²) < 4.78 is 6.11. The summed E-state index contributed by atoms with van der Waals surface area (Å²) in [5.74, 6) is 1.09. The number of carbonyl (C=O) groups excluding carboxylic acids is 2. The zero-order valence-corrected chi connectivity index (χ0v) is 15.3. The van der Waals surface area contributed by atoms with Gasteiger partial charge in [0.2, 0.25) is 11.8 Å². The lowest BCUT2D eigenvalue weighted by Gasteiger charge is -2.32. The Morgan fingerprint density at radius 1 is 0.962 bits per heavy atom. The lowest BCUT2D eigenvalue weighted by Crippen LogP contribution is -2.44. The van der Waals surface area contributed by atoms with Gasteiger partial charge in [-0.05, 0) is 63.5 Å². The minimum absolute atomic E-state index is 0.000712. The molecule has 2 aliphatic carbocycles. The van der Waals surface area contributed by atoms with Crippen LogP contribution in [0.15, 0.2) is 24.3 Å². The summed E-state index contributed by atoms with van der Waals surface area (Å²) in [6, 6.07) is 7.69. The summed E-state index contributed by atoms with van der Waals surface area (Å²) in [6.45, 7) is 1.34. The Morgan fingerprint density at radius 2 is 1.73 bits per heavy atom. The van der Waals surface area contributed by atoms with Crippen molar-refractivity contribution in [2.75, 3.05) is 18.4 Å². The van der Waals surface area contributed by atoms with E-state index < -0.39 is 0 Å². The minimum atomic E-state index is -0.133. The predicted molar refractivity (Wildman–Crippen MR) is 100.0 cm³/mol. The number of benzene rings is 1. The van der Waals surface area contributed by atoms with Crippen LogP contribution in [0.3, 0.4) is 0 Å². The highest BCUT2D eigenvalue weighted by Crippen LogP contribution is 2.33. The first-order valence-electron chi connectivity index (χ1n) is 10.1. The van der Waals surface area contributed by atoms with Gasteiger partial charge in [-0.25, -0.2) is 0 Å². The number of para-hydroxylation sites is 2. The van der Waals surface area contributed by atoms with Crippen LogP contribution in [0.4, 0.5) is 5.69 Å². The lowest BCUT2D eigenvalue weighted by molar-refractivity contribution is -0.135. The molecule has 3 fully saturated rings. The third-order valence-electron chi connectivity index (χ3n) is 5.77. The third-order valence-corrected chi connectivity index (χ3v) is 5.77. The van der Waals surface area contributed by atoms with Gasteiger partial charge >= 0.3 is 0 Å². The molecule has 26 heavy (non-hydrogen) atoms. The maximum Gasteiger partial charge on any atom is 0.229 e. The van der Waals surface area contributed by atoms with Crippen LogP contribution in [0.25, 0.3) is 0 Å². The predicted octanol–water partition coefficient (Wildman–Crippen LogP) is 3.60. The number of nitrogens with zero attached hydrogens (tertiary/aromatic N) is 1. The van der Waals surface area contributed by atoms with E-state index in [1.807, 2.05) is 29.2 Å². The van der Waals surface area contributed by atoms with Gasteiger partial charge in [-0.15, -0.1) is 0 Å². The van der Waals surface area contributed by atoms with Crippen LogP contribution >= 0.6 is 0 Å². The Kier molecular flexibility index (Phi) is 5.14. The van der Waals surface area contributed by atoms with Gasteiger partial charge < -0.3 is 15.0 Å². The molecule has 1 N–H and O–H groups in total. The molecule has 3 aliphatic rings. The number of nitrogens with one attached hydrogen (secondary N) is 1. The van der Waals surface area contributed by atoms with E-state index in [4.69, 9.17) is 4.74 Å². The summed E-state index contributed by atoms with van der Waals surface area (Å²) in [4.78, 5) is 27.0. The zero-order valence-electron chi connectivity index (χ0n) is 15.3. The monoisotopic (exact) mass is 356 g/mol. The smallest absolute Gasteiger partial charge is 0.229 e. The number of hydrogen-bond donors (Lipinski definition) is 1. The van der Waals surface area contributed by atoms with Crippen molar-refractivity contribution in [1.82, 2.24) is 4.90 Å². The molecule has 2 amide bonds. The molecule has 4 rings (SSSR count). The second-order valence-electron chi connectivity index (χ2n) is 7.91. The van der Waals surface area contributed by atoms with E-state index in [9.17, 15) is 9.59 Å². The molecule has 1 aliphatic heterocycles. The Balaban J connectivity index is 1.38. The molecule has 2 saturated carbocycles. The van der Waals surface area contributed by atoms with Gasteiger partial charge in [0, 0.05) is 19.0 Å². The van der Waals surface area contributed by atoms with Crippen molar-refractivity contribution >= 4 is 17.5 Å². The largest absolute Gasteiger partial charge is 0.488 e. The minimum Gasteiger partial charge on any atom is -0.488 e. The number of amides is 2. The van der Waals surface area contributed by atoms with E-state index in [1.54, 1.807) is 0 Å².